The Balaban J connectivity index is 0.00000341. The second kappa shape index (κ2) is 10.4. The number of nitrogens with zero attached hydrogens (tertiary/aromatic N) is 4. The first-order valence-corrected chi connectivity index (χ1v) is 10.3. The Morgan fingerprint density at radius 1 is 1.23 bits per heavy atom. The molecule has 1 unspecified atom stereocenters. The molecule has 10 nitrogen and oxygen atoms in total. The summed E-state index contributed by atoms with van der Waals surface area (Å²) in [4.78, 5) is 24.6. The molecule has 31 heavy (non-hydrogen) atoms. The van der Waals surface area contributed by atoms with E-state index in [2.05, 4.69) is 15.3 Å². The van der Waals surface area contributed by atoms with E-state index in [1.54, 1.807) is 31.2 Å². The van der Waals surface area contributed by atoms with E-state index in [-0.39, 0.29) is 47.6 Å². The number of rotatable bonds is 6. The van der Waals surface area contributed by atoms with Crippen LogP contribution in [0, 0.1) is 0 Å². The number of azo groups is 1. The van der Waals surface area contributed by atoms with Crippen LogP contribution in [-0.2, 0) is 24.4 Å². The molecule has 1 atom stereocenters. The molecule has 1 amide bonds. The monoisotopic (exact) mass is 472 g/mol. The van der Waals surface area contributed by atoms with Gasteiger partial charge >= 0.3 is 35.5 Å². The van der Waals surface area contributed by atoms with E-state index < -0.39 is 32.9 Å². The standard InChI is InChI=1S/C18H15ClN4O6S.Na/c1-2-29-18(25)16-15(21-20-14-6-4-3-5-13(14)19)17(24)23(22-16)11-7-9-12(10-8-11)30(26,27)28;/h3-10,15H,2H2,1H3,(H,26,27,28);/q;+1/p-1. The van der Waals surface area contributed by atoms with E-state index in [1.807, 2.05) is 0 Å². The average Bonchev–Trinajstić information content (AvgIpc) is 3.03. The van der Waals surface area contributed by atoms with Crippen molar-refractivity contribution in [2.24, 2.45) is 15.3 Å². The molecule has 0 fully saturated rings. The molecule has 0 radical (unpaired) electrons. The number of halogens is 1. The van der Waals surface area contributed by atoms with Crippen molar-refractivity contribution in [1.29, 1.82) is 0 Å². The number of anilines is 1. The Bertz CT molecular complexity index is 1150. The van der Waals surface area contributed by atoms with Gasteiger partial charge in [-0.1, -0.05) is 23.7 Å². The maximum absolute atomic E-state index is 12.8. The van der Waals surface area contributed by atoms with Gasteiger partial charge in [-0.25, -0.2) is 13.2 Å². The van der Waals surface area contributed by atoms with Gasteiger partial charge in [0.2, 0.25) is 6.04 Å². The molecular formula is C18H14ClN4NaO6S. The fraction of sp³-hybridized carbons (Fsp3) is 0.167. The summed E-state index contributed by atoms with van der Waals surface area (Å²) in [5.74, 6) is -1.57. The summed E-state index contributed by atoms with van der Waals surface area (Å²) in [6.07, 6.45) is 0. The molecule has 3 rings (SSSR count). The molecule has 0 bridgehead atoms. The first kappa shape index (κ1) is 25.1. The number of carbonyl (C=O) groups is 2. The molecule has 2 aromatic carbocycles. The van der Waals surface area contributed by atoms with Crippen molar-refractivity contribution in [3.8, 4) is 0 Å². The van der Waals surface area contributed by atoms with Gasteiger partial charge in [-0.15, -0.1) is 0 Å². The SMILES string of the molecule is CCOC(=O)C1=NN(c2ccc(S(=O)(=O)[O-])cc2)C(=O)C1N=Nc1ccccc1Cl.[Na+]. The van der Waals surface area contributed by atoms with Crippen LogP contribution in [0.15, 0.2) is 68.8 Å². The zero-order valence-electron chi connectivity index (χ0n) is 16.4. The van der Waals surface area contributed by atoms with Gasteiger partial charge in [-0.05, 0) is 43.3 Å². The van der Waals surface area contributed by atoms with Gasteiger partial charge in [0, 0.05) is 0 Å². The third kappa shape index (κ3) is 5.76. The van der Waals surface area contributed by atoms with Crippen molar-refractivity contribution in [2.75, 3.05) is 11.6 Å². The molecule has 0 saturated heterocycles. The molecule has 13 heteroatoms. The van der Waals surface area contributed by atoms with Crippen LogP contribution in [0.5, 0.6) is 0 Å². The Kier molecular flexibility index (Phi) is 8.46. The van der Waals surface area contributed by atoms with E-state index in [0.717, 1.165) is 17.1 Å². The molecule has 0 spiro atoms. The third-order valence-corrected chi connectivity index (χ3v) is 5.07. The number of carbonyl (C=O) groups excluding carboxylic acids is 2. The molecule has 0 N–H and O–H groups in total. The zero-order chi connectivity index (χ0) is 21.9. The van der Waals surface area contributed by atoms with Crippen LogP contribution in [0.2, 0.25) is 5.02 Å². The molecule has 1 aliphatic heterocycles. The minimum absolute atomic E-state index is 0. The number of hydrogen-bond acceptors (Lipinski definition) is 9. The number of ether oxygens (including phenoxy) is 1. The van der Waals surface area contributed by atoms with Crippen molar-refractivity contribution in [1.82, 2.24) is 0 Å². The number of hydrogen-bond donors (Lipinski definition) is 0. The number of amides is 1. The van der Waals surface area contributed by atoms with Gasteiger partial charge in [0.1, 0.15) is 15.8 Å². The Labute approximate surface area is 205 Å². The number of benzene rings is 2. The van der Waals surface area contributed by atoms with Crippen LogP contribution in [0.25, 0.3) is 0 Å². The Hall–Kier alpha value is -2.15. The second-order valence-corrected chi connectivity index (χ2v) is 7.66. The van der Waals surface area contributed by atoms with E-state index in [1.165, 1.54) is 12.1 Å². The molecule has 2 aromatic rings. The van der Waals surface area contributed by atoms with E-state index >= 15 is 0 Å². The van der Waals surface area contributed by atoms with Crippen LogP contribution >= 0.6 is 11.6 Å². The van der Waals surface area contributed by atoms with E-state index in [4.69, 9.17) is 16.3 Å². The summed E-state index contributed by atoms with van der Waals surface area (Å²) in [6.45, 7) is 1.64. The third-order valence-electron chi connectivity index (χ3n) is 3.90. The normalized spacial score (nSPS) is 16.2. The van der Waals surface area contributed by atoms with Crippen LogP contribution in [-0.4, -0.2) is 43.2 Å². The maximum atomic E-state index is 12.8. The summed E-state index contributed by atoms with van der Waals surface area (Å²) in [6, 6.07) is 9.63. The minimum Gasteiger partial charge on any atom is -0.744 e. The van der Waals surface area contributed by atoms with Gasteiger partial charge in [-0.2, -0.15) is 20.3 Å². The van der Waals surface area contributed by atoms with Crippen molar-refractivity contribution in [3.63, 3.8) is 0 Å². The molecule has 1 heterocycles. The van der Waals surface area contributed by atoms with Gasteiger partial charge in [0.25, 0.3) is 5.91 Å². The van der Waals surface area contributed by atoms with Crippen molar-refractivity contribution in [2.45, 2.75) is 17.9 Å². The molecule has 0 aliphatic carbocycles. The van der Waals surface area contributed by atoms with Gasteiger partial charge in [0.05, 0.1) is 22.2 Å². The first-order valence-electron chi connectivity index (χ1n) is 8.53. The largest absolute Gasteiger partial charge is 1.00 e. The van der Waals surface area contributed by atoms with E-state index in [9.17, 15) is 22.6 Å². The Morgan fingerprint density at radius 2 is 1.87 bits per heavy atom. The average molecular weight is 473 g/mol. The predicted molar refractivity (Wildman–Crippen MR) is 106 cm³/mol. The smallest absolute Gasteiger partial charge is 0.744 e. The number of hydrazone groups is 1. The van der Waals surface area contributed by atoms with Crippen LogP contribution in [0.3, 0.4) is 0 Å². The van der Waals surface area contributed by atoms with Crippen molar-refractivity contribution < 1.29 is 56.9 Å². The maximum Gasteiger partial charge on any atom is 1.00 e. The first-order chi connectivity index (χ1) is 14.2. The molecule has 156 valence electrons. The van der Waals surface area contributed by atoms with Gasteiger partial charge in [-0.3, -0.25) is 4.79 Å². The van der Waals surface area contributed by atoms with Crippen LogP contribution < -0.4 is 34.6 Å². The molecule has 1 aliphatic rings. The quantitative estimate of drug-likeness (QED) is 0.244. The van der Waals surface area contributed by atoms with Crippen LogP contribution in [0.4, 0.5) is 11.4 Å². The van der Waals surface area contributed by atoms with Gasteiger partial charge in [0.15, 0.2) is 5.71 Å². The summed E-state index contributed by atoms with van der Waals surface area (Å²) in [5.41, 5.74) is 0.126. The van der Waals surface area contributed by atoms with E-state index in [0.29, 0.717) is 10.7 Å². The summed E-state index contributed by atoms with van der Waals surface area (Å²) in [7, 11) is -4.65. The molecule has 0 aromatic heterocycles. The second-order valence-electron chi connectivity index (χ2n) is 5.87. The zero-order valence-corrected chi connectivity index (χ0v) is 20.0. The Morgan fingerprint density at radius 3 is 2.45 bits per heavy atom. The molecular weight excluding hydrogens is 459 g/mol. The fourth-order valence-corrected chi connectivity index (χ4v) is 3.14. The van der Waals surface area contributed by atoms with Crippen molar-refractivity contribution >= 4 is 50.7 Å². The van der Waals surface area contributed by atoms with Crippen LogP contribution in [0.1, 0.15) is 6.92 Å². The summed E-state index contributed by atoms with van der Waals surface area (Å²) in [5, 5.41) is 13.0. The van der Waals surface area contributed by atoms with Crippen molar-refractivity contribution in [3.05, 3.63) is 53.6 Å². The topological polar surface area (TPSA) is 141 Å². The van der Waals surface area contributed by atoms with Gasteiger partial charge < -0.3 is 9.29 Å². The molecule has 0 saturated carbocycles. The minimum atomic E-state index is -4.65. The summed E-state index contributed by atoms with van der Waals surface area (Å²) < 4.78 is 38.2. The summed E-state index contributed by atoms with van der Waals surface area (Å²) >= 11 is 6.03. The fourth-order valence-electron chi connectivity index (χ4n) is 2.50. The number of esters is 1. The predicted octanol–water partition coefficient (Wildman–Crippen LogP) is -0.334.